The Morgan fingerprint density at radius 3 is 2.58 bits per heavy atom. The number of nitrogens with two attached hydrogens (primary N) is 1. The number of amides is 1. The number of methoxy groups -OCH3 is 1. The number of hydrogen-bond acceptors (Lipinski definition) is 7. The fraction of sp³-hybridized carbons (Fsp3) is 0.111. The summed E-state index contributed by atoms with van der Waals surface area (Å²) in [6.07, 6.45) is 6.21. The fourth-order valence-electron chi connectivity index (χ4n) is 2.22. The summed E-state index contributed by atoms with van der Waals surface area (Å²) in [6.45, 7) is 0.341. The van der Waals surface area contributed by atoms with Gasteiger partial charge in [0.1, 0.15) is 6.61 Å². The molecule has 8 heteroatoms. The first-order valence-electron chi connectivity index (χ1n) is 7.75. The highest BCUT2D eigenvalue weighted by Gasteiger charge is 2.14. The highest BCUT2D eigenvalue weighted by Crippen LogP contribution is 2.31. The summed E-state index contributed by atoms with van der Waals surface area (Å²) >= 11 is 0. The zero-order chi connectivity index (χ0) is 18.4. The maximum Gasteiger partial charge on any atom is 0.278 e. The number of anilines is 2. The first-order chi connectivity index (χ1) is 12.7. The summed E-state index contributed by atoms with van der Waals surface area (Å²) in [5.41, 5.74) is 7.22. The second-order valence-corrected chi connectivity index (χ2v) is 5.25. The van der Waals surface area contributed by atoms with Gasteiger partial charge < -0.3 is 20.5 Å². The van der Waals surface area contributed by atoms with Crippen LogP contribution in [0, 0.1) is 0 Å². The minimum absolute atomic E-state index is 0.0579. The fourth-order valence-corrected chi connectivity index (χ4v) is 2.22. The number of aromatic nitrogens is 3. The van der Waals surface area contributed by atoms with Crippen LogP contribution in [0.4, 0.5) is 11.5 Å². The Balaban J connectivity index is 1.76. The number of rotatable bonds is 6. The molecule has 0 aliphatic carbocycles. The van der Waals surface area contributed by atoms with Crippen LogP contribution in [-0.4, -0.2) is 28.0 Å². The Labute approximate surface area is 150 Å². The molecule has 0 spiro atoms. The molecule has 8 nitrogen and oxygen atoms in total. The van der Waals surface area contributed by atoms with Crippen molar-refractivity contribution in [3.63, 3.8) is 0 Å². The number of carbonyl (C=O) groups is 1. The van der Waals surface area contributed by atoms with Gasteiger partial charge in [-0.3, -0.25) is 9.78 Å². The lowest BCUT2D eigenvalue weighted by Crippen LogP contribution is -2.16. The standard InChI is InChI=1S/C18H17N5O3/c1-25-14-3-2-13(23-18(24)16-17(19)22-9-8-21-16)10-15(14)26-11-12-4-6-20-7-5-12/h2-10H,11H2,1H3,(H2,19,22)(H,23,24). The molecule has 0 unspecified atom stereocenters. The molecule has 0 aliphatic heterocycles. The molecule has 0 atom stereocenters. The second-order valence-electron chi connectivity index (χ2n) is 5.25. The molecule has 3 N–H and O–H groups in total. The molecule has 0 fully saturated rings. The van der Waals surface area contributed by atoms with Crippen LogP contribution in [0.1, 0.15) is 16.1 Å². The Kier molecular flexibility index (Phi) is 5.23. The van der Waals surface area contributed by atoms with Crippen LogP contribution in [0.3, 0.4) is 0 Å². The summed E-state index contributed by atoms with van der Waals surface area (Å²) in [4.78, 5) is 24.1. The molecular weight excluding hydrogens is 334 g/mol. The Bertz CT molecular complexity index is 902. The minimum Gasteiger partial charge on any atom is -0.493 e. The van der Waals surface area contributed by atoms with E-state index in [1.165, 1.54) is 12.4 Å². The van der Waals surface area contributed by atoms with Crippen LogP contribution in [0.5, 0.6) is 11.5 Å². The highest BCUT2D eigenvalue weighted by atomic mass is 16.5. The van der Waals surface area contributed by atoms with Crippen molar-refractivity contribution >= 4 is 17.4 Å². The molecule has 2 heterocycles. The van der Waals surface area contributed by atoms with E-state index in [9.17, 15) is 4.79 Å². The van der Waals surface area contributed by atoms with E-state index < -0.39 is 5.91 Å². The van der Waals surface area contributed by atoms with Gasteiger partial charge in [0, 0.05) is 36.5 Å². The van der Waals surface area contributed by atoms with E-state index in [1.807, 2.05) is 12.1 Å². The van der Waals surface area contributed by atoms with E-state index in [4.69, 9.17) is 15.2 Å². The van der Waals surface area contributed by atoms with Crippen LogP contribution >= 0.6 is 0 Å². The average molecular weight is 351 g/mol. The number of carbonyl (C=O) groups excluding carboxylic acids is 1. The summed E-state index contributed by atoms with van der Waals surface area (Å²) < 4.78 is 11.1. The van der Waals surface area contributed by atoms with Gasteiger partial charge in [-0.2, -0.15) is 0 Å². The van der Waals surface area contributed by atoms with Crippen molar-refractivity contribution in [1.29, 1.82) is 0 Å². The molecule has 3 rings (SSSR count). The maximum atomic E-state index is 12.3. The van der Waals surface area contributed by atoms with Crippen LogP contribution < -0.4 is 20.5 Å². The van der Waals surface area contributed by atoms with Crippen molar-refractivity contribution in [1.82, 2.24) is 15.0 Å². The zero-order valence-electron chi connectivity index (χ0n) is 14.0. The molecule has 0 radical (unpaired) electrons. The van der Waals surface area contributed by atoms with Crippen LogP contribution in [-0.2, 0) is 6.61 Å². The molecule has 0 saturated carbocycles. The molecule has 0 bridgehead atoms. The highest BCUT2D eigenvalue weighted by molar-refractivity contribution is 6.05. The van der Waals surface area contributed by atoms with E-state index in [0.717, 1.165) is 5.56 Å². The number of nitrogens with one attached hydrogen (secondary N) is 1. The average Bonchev–Trinajstić information content (AvgIpc) is 2.67. The van der Waals surface area contributed by atoms with Crippen LogP contribution in [0.15, 0.2) is 55.1 Å². The van der Waals surface area contributed by atoms with E-state index in [-0.39, 0.29) is 11.5 Å². The monoisotopic (exact) mass is 351 g/mol. The molecule has 0 aliphatic rings. The topological polar surface area (TPSA) is 112 Å². The van der Waals surface area contributed by atoms with E-state index in [2.05, 4.69) is 20.3 Å². The maximum absolute atomic E-state index is 12.3. The molecule has 1 amide bonds. The SMILES string of the molecule is COc1ccc(NC(=O)c2nccnc2N)cc1OCc1ccncc1. The van der Waals surface area contributed by atoms with Gasteiger partial charge in [-0.05, 0) is 29.8 Å². The van der Waals surface area contributed by atoms with E-state index in [0.29, 0.717) is 23.8 Å². The van der Waals surface area contributed by atoms with Gasteiger partial charge >= 0.3 is 0 Å². The Morgan fingerprint density at radius 1 is 1.08 bits per heavy atom. The Morgan fingerprint density at radius 2 is 1.85 bits per heavy atom. The van der Waals surface area contributed by atoms with Crippen molar-refractivity contribution < 1.29 is 14.3 Å². The molecule has 1 aromatic carbocycles. The van der Waals surface area contributed by atoms with Crippen molar-refractivity contribution in [2.45, 2.75) is 6.61 Å². The van der Waals surface area contributed by atoms with Crippen molar-refractivity contribution in [2.75, 3.05) is 18.2 Å². The van der Waals surface area contributed by atoms with Gasteiger partial charge in [-0.25, -0.2) is 9.97 Å². The van der Waals surface area contributed by atoms with Gasteiger partial charge in [0.25, 0.3) is 5.91 Å². The lowest BCUT2D eigenvalue weighted by molar-refractivity contribution is 0.102. The van der Waals surface area contributed by atoms with Crippen molar-refractivity contribution in [3.05, 3.63) is 66.4 Å². The first kappa shape index (κ1) is 17.2. The summed E-state index contributed by atoms with van der Waals surface area (Å²) in [7, 11) is 1.55. The third kappa shape index (κ3) is 4.04. The molecule has 3 aromatic rings. The van der Waals surface area contributed by atoms with E-state index >= 15 is 0 Å². The third-order valence-corrected chi connectivity index (χ3v) is 3.51. The number of hydrogen-bond donors (Lipinski definition) is 2. The molecule has 2 aromatic heterocycles. The lowest BCUT2D eigenvalue weighted by Gasteiger charge is -2.13. The van der Waals surface area contributed by atoms with Crippen molar-refractivity contribution in [2.24, 2.45) is 0 Å². The quantitative estimate of drug-likeness (QED) is 0.700. The van der Waals surface area contributed by atoms with Crippen LogP contribution in [0.2, 0.25) is 0 Å². The number of nitrogen functional groups attached to an aromatic ring is 1. The van der Waals surface area contributed by atoms with Gasteiger partial charge in [-0.15, -0.1) is 0 Å². The molecule has 26 heavy (non-hydrogen) atoms. The summed E-state index contributed by atoms with van der Waals surface area (Å²) in [6, 6.07) is 8.79. The number of ether oxygens (including phenoxy) is 2. The predicted octanol–water partition coefficient (Wildman–Crippen LogP) is 2.29. The number of benzene rings is 1. The second kappa shape index (κ2) is 7.93. The predicted molar refractivity (Wildman–Crippen MR) is 96.0 cm³/mol. The minimum atomic E-state index is -0.458. The summed E-state index contributed by atoms with van der Waals surface area (Å²) in [5.74, 6) is 0.652. The molecular formula is C18H17N5O3. The van der Waals surface area contributed by atoms with Crippen molar-refractivity contribution in [3.8, 4) is 11.5 Å². The number of nitrogens with zero attached hydrogens (tertiary/aromatic N) is 3. The smallest absolute Gasteiger partial charge is 0.278 e. The van der Waals surface area contributed by atoms with Gasteiger partial charge in [0.2, 0.25) is 0 Å². The van der Waals surface area contributed by atoms with Gasteiger partial charge in [0.05, 0.1) is 7.11 Å². The zero-order valence-corrected chi connectivity index (χ0v) is 14.0. The Hall–Kier alpha value is -3.68. The van der Waals surface area contributed by atoms with Crippen LogP contribution in [0.25, 0.3) is 0 Å². The lowest BCUT2D eigenvalue weighted by atomic mass is 10.2. The third-order valence-electron chi connectivity index (χ3n) is 3.51. The number of pyridine rings is 1. The summed E-state index contributed by atoms with van der Waals surface area (Å²) in [5, 5.41) is 2.72. The normalized spacial score (nSPS) is 10.2. The van der Waals surface area contributed by atoms with Gasteiger partial charge in [0.15, 0.2) is 23.0 Å². The van der Waals surface area contributed by atoms with Gasteiger partial charge in [-0.1, -0.05) is 0 Å². The largest absolute Gasteiger partial charge is 0.493 e. The first-order valence-corrected chi connectivity index (χ1v) is 7.75. The van der Waals surface area contributed by atoms with E-state index in [1.54, 1.807) is 37.7 Å². The molecule has 0 saturated heterocycles. The molecule has 132 valence electrons.